The molecule has 0 radical (unpaired) electrons. The van der Waals surface area contributed by atoms with Gasteiger partial charge in [-0.15, -0.1) is 0 Å². The van der Waals surface area contributed by atoms with E-state index in [4.69, 9.17) is 5.11 Å². The van der Waals surface area contributed by atoms with Crippen LogP contribution >= 0.6 is 0 Å². The third kappa shape index (κ3) is 1.45. The first-order valence-corrected chi connectivity index (χ1v) is 2.69. The van der Waals surface area contributed by atoms with Gasteiger partial charge in [0.2, 0.25) is 0 Å². The molecule has 4 heteroatoms. The highest BCUT2D eigenvalue weighted by atomic mass is 16.4. The van der Waals surface area contributed by atoms with Crippen molar-refractivity contribution in [2.45, 2.75) is 0 Å². The van der Waals surface area contributed by atoms with E-state index in [1.165, 1.54) is 18.5 Å². The van der Waals surface area contributed by atoms with E-state index in [1.54, 1.807) is 6.20 Å². The van der Waals surface area contributed by atoms with Crippen LogP contribution in [0.25, 0.3) is 0 Å². The SMILES string of the molecule is O=C(O)C1=NC=CNC=C1. The van der Waals surface area contributed by atoms with Gasteiger partial charge >= 0.3 is 5.97 Å². The Labute approximate surface area is 57.6 Å². The van der Waals surface area contributed by atoms with Crippen LogP contribution in [0.15, 0.2) is 29.7 Å². The van der Waals surface area contributed by atoms with Crippen LogP contribution in [0, 0.1) is 0 Å². The molecule has 1 rings (SSSR count). The predicted molar refractivity (Wildman–Crippen MR) is 36.5 cm³/mol. The molecule has 0 saturated carbocycles. The summed E-state index contributed by atoms with van der Waals surface area (Å²) >= 11 is 0. The quantitative estimate of drug-likeness (QED) is 0.540. The molecule has 1 aliphatic heterocycles. The summed E-state index contributed by atoms with van der Waals surface area (Å²) in [5, 5.41) is 11.1. The molecule has 52 valence electrons. The van der Waals surface area contributed by atoms with Crippen molar-refractivity contribution in [3.8, 4) is 0 Å². The number of hydrogen-bond donors (Lipinski definition) is 2. The van der Waals surface area contributed by atoms with Crippen molar-refractivity contribution in [3.05, 3.63) is 24.7 Å². The van der Waals surface area contributed by atoms with Gasteiger partial charge in [-0.2, -0.15) is 0 Å². The standard InChI is InChI=1S/C6H6N2O2/c9-6(10)5-1-2-7-3-4-8-5/h1-4,7H,(H,9,10). The summed E-state index contributed by atoms with van der Waals surface area (Å²) in [4.78, 5) is 13.9. The molecule has 0 saturated heterocycles. The Kier molecular flexibility index (Phi) is 1.84. The molecular formula is C6H6N2O2. The van der Waals surface area contributed by atoms with E-state index in [-0.39, 0.29) is 5.71 Å². The fraction of sp³-hybridized carbons (Fsp3) is 0. The molecular weight excluding hydrogens is 132 g/mol. The van der Waals surface area contributed by atoms with Crippen molar-refractivity contribution in [2.24, 2.45) is 4.99 Å². The van der Waals surface area contributed by atoms with Crippen molar-refractivity contribution in [2.75, 3.05) is 0 Å². The molecule has 0 unspecified atom stereocenters. The zero-order chi connectivity index (χ0) is 7.40. The summed E-state index contributed by atoms with van der Waals surface area (Å²) in [6.45, 7) is 0. The number of carboxylic acid groups (broad SMARTS) is 1. The van der Waals surface area contributed by atoms with Crippen LogP contribution in [0.5, 0.6) is 0 Å². The Morgan fingerprint density at radius 1 is 1.60 bits per heavy atom. The largest absolute Gasteiger partial charge is 0.477 e. The first-order chi connectivity index (χ1) is 4.80. The lowest BCUT2D eigenvalue weighted by atomic mass is 10.4. The molecule has 0 atom stereocenters. The fourth-order valence-corrected chi connectivity index (χ4v) is 0.513. The van der Waals surface area contributed by atoms with Gasteiger partial charge in [-0.1, -0.05) is 0 Å². The lowest BCUT2D eigenvalue weighted by Gasteiger charge is -1.86. The van der Waals surface area contributed by atoms with Crippen molar-refractivity contribution in [1.29, 1.82) is 0 Å². The second-order valence-corrected chi connectivity index (χ2v) is 1.64. The van der Waals surface area contributed by atoms with Crippen molar-refractivity contribution >= 4 is 11.7 Å². The van der Waals surface area contributed by atoms with Gasteiger partial charge in [-0.05, 0) is 6.08 Å². The zero-order valence-electron chi connectivity index (χ0n) is 5.11. The van der Waals surface area contributed by atoms with Crippen LogP contribution in [0.3, 0.4) is 0 Å². The number of rotatable bonds is 1. The molecule has 10 heavy (non-hydrogen) atoms. The molecule has 1 aliphatic rings. The summed E-state index contributed by atoms with van der Waals surface area (Å²) in [5.74, 6) is -1.02. The molecule has 4 nitrogen and oxygen atoms in total. The maximum atomic E-state index is 10.3. The smallest absolute Gasteiger partial charge is 0.354 e. The number of hydrogen-bond acceptors (Lipinski definition) is 3. The van der Waals surface area contributed by atoms with Crippen LogP contribution in [0.4, 0.5) is 0 Å². The Hall–Kier alpha value is -1.58. The minimum Gasteiger partial charge on any atom is -0.477 e. The molecule has 0 fully saturated rings. The van der Waals surface area contributed by atoms with Crippen LogP contribution in [0.2, 0.25) is 0 Å². The average Bonchev–Trinajstić information content (AvgIpc) is 2.12. The van der Waals surface area contributed by atoms with E-state index in [0.29, 0.717) is 0 Å². The summed E-state index contributed by atoms with van der Waals surface area (Å²) < 4.78 is 0. The number of nitrogens with zero attached hydrogens (tertiary/aromatic N) is 1. The monoisotopic (exact) mass is 138 g/mol. The van der Waals surface area contributed by atoms with E-state index in [0.717, 1.165) is 0 Å². The third-order valence-corrected chi connectivity index (χ3v) is 0.941. The van der Waals surface area contributed by atoms with Crippen LogP contribution < -0.4 is 5.32 Å². The highest BCUT2D eigenvalue weighted by molar-refractivity contribution is 6.40. The normalized spacial score (nSPS) is 15.4. The van der Waals surface area contributed by atoms with Gasteiger partial charge < -0.3 is 10.4 Å². The van der Waals surface area contributed by atoms with Crippen molar-refractivity contribution in [1.82, 2.24) is 5.32 Å². The maximum absolute atomic E-state index is 10.3. The van der Waals surface area contributed by atoms with Crippen LogP contribution in [0.1, 0.15) is 0 Å². The molecule has 0 aromatic carbocycles. The third-order valence-electron chi connectivity index (χ3n) is 0.941. The highest BCUT2D eigenvalue weighted by Gasteiger charge is 2.03. The zero-order valence-corrected chi connectivity index (χ0v) is 5.11. The van der Waals surface area contributed by atoms with Gasteiger partial charge in [-0.25, -0.2) is 9.79 Å². The Balaban J connectivity index is 2.83. The lowest BCUT2D eigenvalue weighted by molar-refractivity contribution is -0.129. The van der Waals surface area contributed by atoms with Crippen LogP contribution in [-0.4, -0.2) is 16.8 Å². The molecule has 0 aromatic rings. The maximum Gasteiger partial charge on any atom is 0.354 e. The number of aliphatic carboxylic acids is 1. The first kappa shape index (κ1) is 6.54. The summed E-state index contributed by atoms with van der Waals surface area (Å²) in [6.07, 6.45) is 5.84. The lowest BCUT2D eigenvalue weighted by Crippen LogP contribution is -2.09. The molecule has 0 bridgehead atoms. The van der Waals surface area contributed by atoms with E-state index < -0.39 is 5.97 Å². The van der Waals surface area contributed by atoms with E-state index in [2.05, 4.69) is 10.3 Å². The molecule has 1 heterocycles. The van der Waals surface area contributed by atoms with Crippen molar-refractivity contribution < 1.29 is 9.90 Å². The van der Waals surface area contributed by atoms with E-state index >= 15 is 0 Å². The second-order valence-electron chi connectivity index (χ2n) is 1.64. The topological polar surface area (TPSA) is 61.7 Å². The fourth-order valence-electron chi connectivity index (χ4n) is 0.513. The Morgan fingerprint density at radius 2 is 2.40 bits per heavy atom. The average molecular weight is 138 g/mol. The number of nitrogens with one attached hydrogen (secondary N) is 1. The van der Waals surface area contributed by atoms with Crippen LogP contribution in [-0.2, 0) is 4.79 Å². The molecule has 0 spiro atoms. The van der Waals surface area contributed by atoms with E-state index in [9.17, 15) is 4.79 Å². The Bertz CT molecular complexity index is 228. The molecule has 0 aromatic heterocycles. The van der Waals surface area contributed by atoms with E-state index in [1.807, 2.05) is 0 Å². The Morgan fingerprint density at radius 3 is 3.10 bits per heavy atom. The predicted octanol–water partition coefficient (Wildman–Crippen LogP) is 0.100. The number of carbonyl (C=O) groups is 1. The number of aliphatic imine (C=N–C) groups is 1. The molecule has 2 N–H and O–H groups in total. The van der Waals surface area contributed by atoms with Gasteiger partial charge in [0.1, 0.15) is 5.71 Å². The van der Waals surface area contributed by atoms with Gasteiger partial charge in [0.25, 0.3) is 0 Å². The minimum absolute atomic E-state index is 0.0289. The van der Waals surface area contributed by atoms with Gasteiger partial charge in [0, 0.05) is 18.6 Å². The summed E-state index contributed by atoms with van der Waals surface area (Å²) in [6, 6.07) is 0. The minimum atomic E-state index is -1.02. The number of carboxylic acids is 1. The second kappa shape index (κ2) is 2.82. The molecule has 0 aliphatic carbocycles. The molecule has 0 amide bonds. The van der Waals surface area contributed by atoms with Crippen molar-refractivity contribution in [3.63, 3.8) is 0 Å². The van der Waals surface area contributed by atoms with Gasteiger partial charge in [-0.3, -0.25) is 0 Å². The first-order valence-electron chi connectivity index (χ1n) is 2.69. The highest BCUT2D eigenvalue weighted by Crippen LogP contribution is 1.87. The summed E-state index contributed by atoms with van der Waals surface area (Å²) in [5.41, 5.74) is 0.0289. The summed E-state index contributed by atoms with van der Waals surface area (Å²) in [7, 11) is 0. The van der Waals surface area contributed by atoms with Gasteiger partial charge in [0.15, 0.2) is 0 Å². The van der Waals surface area contributed by atoms with Gasteiger partial charge in [0.05, 0.1) is 0 Å².